The third kappa shape index (κ3) is 5.79. The fourth-order valence-electron chi connectivity index (χ4n) is 3.63. The van der Waals surface area contributed by atoms with E-state index in [4.69, 9.17) is 14.5 Å². The maximum absolute atomic E-state index is 5.52. The summed E-state index contributed by atoms with van der Waals surface area (Å²) in [5.74, 6) is 3.22. The number of anilines is 1. The van der Waals surface area contributed by atoms with Crippen molar-refractivity contribution in [1.82, 2.24) is 10.6 Å². The Labute approximate surface area is 173 Å². The van der Waals surface area contributed by atoms with Crippen LogP contribution in [0.3, 0.4) is 0 Å². The highest BCUT2D eigenvalue weighted by molar-refractivity contribution is 5.79. The number of methoxy groups -OCH3 is 2. The molecular formula is C23H32N4O2. The fraction of sp³-hybridized carbons (Fsp3) is 0.435. The minimum absolute atomic E-state index is 0.570. The van der Waals surface area contributed by atoms with Gasteiger partial charge in [0, 0.05) is 26.2 Å². The molecule has 0 saturated carbocycles. The van der Waals surface area contributed by atoms with Gasteiger partial charge < -0.3 is 25.0 Å². The summed E-state index contributed by atoms with van der Waals surface area (Å²) < 4.78 is 10.8. The SMILES string of the molecule is CCNC(=NCc1cccc(OC)c1)NCC1CCN(c2ccccc2OC)C1. The maximum atomic E-state index is 5.52. The van der Waals surface area contributed by atoms with Crippen molar-refractivity contribution in [3.8, 4) is 11.5 Å². The summed E-state index contributed by atoms with van der Waals surface area (Å²) in [4.78, 5) is 7.14. The Hall–Kier alpha value is -2.89. The van der Waals surface area contributed by atoms with Crippen LogP contribution < -0.4 is 25.0 Å². The number of hydrogen-bond donors (Lipinski definition) is 2. The van der Waals surface area contributed by atoms with Crippen LogP contribution in [0, 0.1) is 5.92 Å². The Morgan fingerprint density at radius 1 is 1.10 bits per heavy atom. The molecule has 6 nitrogen and oxygen atoms in total. The smallest absolute Gasteiger partial charge is 0.191 e. The van der Waals surface area contributed by atoms with E-state index >= 15 is 0 Å². The topological polar surface area (TPSA) is 58.1 Å². The number of nitrogens with one attached hydrogen (secondary N) is 2. The lowest BCUT2D eigenvalue weighted by Gasteiger charge is -2.21. The summed E-state index contributed by atoms with van der Waals surface area (Å²) in [6.07, 6.45) is 1.15. The first-order valence-electron chi connectivity index (χ1n) is 10.3. The van der Waals surface area contributed by atoms with Gasteiger partial charge >= 0.3 is 0 Å². The van der Waals surface area contributed by atoms with Crippen molar-refractivity contribution in [3.05, 3.63) is 54.1 Å². The Bertz CT molecular complexity index is 809. The number of nitrogens with zero attached hydrogens (tertiary/aromatic N) is 2. The molecule has 2 N–H and O–H groups in total. The van der Waals surface area contributed by atoms with Gasteiger partial charge in [0.25, 0.3) is 0 Å². The van der Waals surface area contributed by atoms with E-state index in [0.29, 0.717) is 12.5 Å². The number of hydrogen-bond acceptors (Lipinski definition) is 4. The Morgan fingerprint density at radius 2 is 1.97 bits per heavy atom. The Kier molecular flexibility index (Phi) is 7.61. The lowest BCUT2D eigenvalue weighted by atomic mass is 10.1. The molecule has 1 aliphatic heterocycles. The molecule has 0 aliphatic carbocycles. The Morgan fingerprint density at radius 3 is 2.76 bits per heavy atom. The third-order valence-electron chi connectivity index (χ3n) is 5.17. The van der Waals surface area contributed by atoms with E-state index < -0.39 is 0 Å². The van der Waals surface area contributed by atoms with E-state index in [1.165, 1.54) is 5.69 Å². The molecule has 2 aromatic rings. The van der Waals surface area contributed by atoms with Gasteiger partial charge in [-0.05, 0) is 49.1 Å². The van der Waals surface area contributed by atoms with Gasteiger partial charge in [0.05, 0.1) is 26.5 Å². The molecule has 2 aromatic carbocycles. The zero-order valence-corrected chi connectivity index (χ0v) is 17.6. The lowest BCUT2D eigenvalue weighted by Crippen LogP contribution is -2.40. The number of ether oxygens (including phenoxy) is 2. The van der Waals surface area contributed by atoms with E-state index in [9.17, 15) is 0 Å². The van der Waals surface area contributed by atoms with Gasteiger partial charge in [0.1, 0.15) is 11.5 Å². The van der Waals surface area contributed by atoms with Crippen LogP contribution in [0.4, 0.5) is 5.69 Å². The molecule has 1 atom stereocenters. The second-order valence-corrected chi connectivity index (χ2v) is 7.20. The fourth-order valence-corrected chi connectivity index (χ4v) is 3.63. The first-order chi connectivity index (χ1) is 14.2. The van der Waals surface area contributed by atoms with Crippen molar-refractivity contribution in [2.75, 3.05) is 45.3 Å². The number of rotatable bonds is 8. The van der Waals surface area contributed by atoms with E-state index in [1.54, 1.807) is 14.2 Å². The standard InChI is InChI=1S/C23H32N4O2/c1-4-24-23(25-15-18-8-7-9-20(14-18)28-2)26-16-19-12-13-27(17-19)21-10-5-6-11-22(21)29-3/h5-11,14,19H,4,12-13,15-17H2,1-3H3,(H2,24,25,26). The average molecular weight is 397 g/mol. The van der Waals surface area contributed by atoms with Crippen molar-refractivity contribution >= 4 is 11.6 Å². The van der Waals surface area contributed by atoms with E-state index in [-0.39, 0.29) is 0 Å². The van der Waals surface area contributed by atoms with Crippen LogP contribution in [0.1, 0.15) is 18.9 Å². The molecule has 0 aromatic heterocycles. The molecule has 0 spiro atoms. The van der Waals surface area contributed by atoms with Crippen LogP contribution in [-0.2, 0) is 6.54 Å². The molecule has 0 amide bonds. The van der Waals surface area contributed by atoms with Crippen LogP contribution in [0.15, 0.2) is 53.5 Å². The predicted molar refractivity (Wildman–Crippen MR) is 119 cm³/mol. The molecule has 3 rings (SSSR count). The van der Waals surface area contributed by atoms with Crippen LogP contribution in [0.5, 0.6) is 11.5 Å². The first kappa shape index (κ1) is 20.8. The van der Waals surface area contributed by atoms with Gasteiger partial charge in [-0.25, -0.2) is 4.99 Å². The molecule has 0 radical (unpaired) electrons. The summed E-state index contributed by atoms with van der Waals surface area (Å²) in [5.41, 5.74) is 2.31. The van der Waals surface area contributed by atoms with Gasteiger partial charge in [-0.3, -0.25) is 0 Å². The molecule has 1 aliphatic rings. The largest absolute Gasteiger partial charge is 0.497 e. The number of guanidine groups is 1. The monoisotopic (exact) mass is 396 g/mol. The summed E-state index contributed by atoms with van der Waals surface area (Å²) in [6, 6.07) is 16.3. The minimum atomic E-state index is 0.570. The zero-order valence-electron chi connectivity index (χ0n) is 17.6. The summed E-state index contributed by atoms with van der Waals surface area (Å²) >= 11 is 0. The van der Waals surface area contributed by atoms with Crippen molar-refractivity contribution < 1.29 is 9.47 Å². The van der Waals surface area contributed by atoms with Crippen LogP contribution in [-0.4, -0.2) is 46.4 Å². The lowest BCUT2D eigenvalue weighted by molar-refractivity contribution is 0.414. The van der Waals surface area contributed by atoms with Gasteiger partial charge in [0.15, 0.2) is 5.96 Å². The van der Waals surface area contributed by atoms with Crippen LogP contribution >= 0.6 is 0 Å². The van der Waals surface area contributed by atoms with Crippen LogP contribution in [0.2, 0.25) is 0 Å². The predicted octanol–water partition coefficient (Wildman–Crippen LogP) is 3.29. The van der Waals surface area contributed by atoms with Crippen molar-refractivity contribution in [1.29, 1.82) is 0 Å². The molecule has 1 saturated heterocycles. The van der Waals surface area contributed by atoms with E-state index in [2.05, 4.69) is 40.7 Å². The van der Waals surface area contributed by atoms with Crippen molar-refractivity contribution in [2.24, 2.45) is 10.9 Å². The first-order valence-corrected chi connectivity index (χ1v) is 10.3. The summed E-state index contributed by atoms with van der Waals surface area (Å²) in [7, 11) is 3.42. The molecule has 0 bridgehead atoms. The summed E-state index contributed by atoms with van der Waals surface area (Å²) in [6.45, 7) is 6.50. The maximum Gasteiger partial charge on any atom is 0.191 e. The number of benzene rings is 2. The van der Waals surface area contributed by atoms with Gasteiger partial charge in [-0.1, -0.05) is 24.3 Å². The highest BCUT2D eigenvalue weighted by atomic mass is 16.5. The molecule has 29 heavy (non-hydrogen) atoms. The second-order valence-electron chi connectivity index (χ2n) is 7.20. The number of para-hydroxylation sites is 2. The average Bonchev–Trinajstić information content (AvgIpc) is 3.24. The molecule has 156 valence electrons. The Balaban J connectivity index is 1.55. The number of aliphatic imine (C=N–C) groups is 1. The van der Waals surface area contributed by atoms with Crippen molar-refractivity contribution in [2.45, 2.75) is 19.9 Å². The highest BCUT2D eigenvalue weighted by Crippen LogP contribution is 2.31. The zero-order chi connectivity index (χ0) is 20.5. The normalized spacial score (nSPS) is 16.6. The van der Waals surface area contributed by atoms with Crippen LogP contribution in [0.25, 0.3) is 0 Å². The quantitative estimate of drug-likeness (QED) is 0.530. The summed E-state index contributed by atoms with van der Waals surface area (Å²) in [5, 5.41) is 6.85. The van der Waals surface area contributed by atoms with Gasteiger partial charge in [-0.2, -0.15) is 0 Å². The van der Waals surface area contributed by atoms with E-state index in [0.717, 1.165) is 55.6 Å². The third-order valence-corrected chi connectivity index (χ3v) is 5.17. The highest BCUT2D eigenvalue weighted by Gasteiger charge is 2.24. The van der Waals surface area contributed by atoms with Crippen molar-refractivity contribution in [3.63, 3.8) is 0 Å². The molecule has 6 heteroatoms. The van der Waals surface area contributed by atoms with Gasteiger partial charge in [0.2, 0.25) is 0 Å². The molecule has 1 fully saturated rings. The molecular weight excluding hydrogens is 364 g/mol. The molecule has 1 unspecified atom stereocenters. The van der Waals surface area contributed by atoms with E-state index in [1.807, 2.05) is 30.3 Å². The molecule has 1 heterocycles. The second kappa shape index (κ2) is 10.6. The van der Waals surface area contributed by atoms with Gasteiger partial charge in [-0.15, -0.1) is 0 Å². The minimum Gasteiger partial charge on any atom is -0.497 e.